The number of aromatic nitrogens is 1. The van der Waals surface area contributed by atoms with E-state index in [0.717, 1.165) is 19.3 Å². The van der Waals surface area contributed by atoms with Crippen molar-refractivity contribution in [3.8, 4) is 0 Å². The summed E-state index contributed by atoms with van der Waals surface area (Å²) < 4.78 is 30.1. The van der Waals surface area contributed by atoms with Crippen molar-refractivity contribution < 1.29 is 27.9 Å². The number of alkyl halides is 2. The molecule has 1 heterocycles. The summed E-state index contributed by atoms with van der Waals surface area (Å²) in [5.74, 6) is -2.54. The zero-order valence-electron chi connectivity index (χ0n) is 16.2. The van der Waals surface area contributed by atoms with E-state index in [2.05, 4.69) is 15.6 Å². The number of rotatable bonds is 6. The third-order valence-corrected chi connectivity index (χ3v) is 6.92. The van der Waals surface area contributed by atoms with Gasteiger partial charge in [-0.3, -0.25) is 10.1 Å². The predicted molar refractivity (Wildman–Crippen MR) is 104 cm³/mol. The maximum Gasteiger partial charge on any atom is 0.341 e. The van der Waals surface area contributed by atoms with E-state index in [1.807, 2.05) is 0 Å². The van der Waals surface area contributed by atoms with Crippen molar-refractivity contribution >= 4 is 29.7 Å². The molecular weight excluding hydrogens is 416 g/mol. The highest BCUT2D eigenvalue weighted by Crippen LogP contribution is 2.55. The first-order valence-electron chi connectivity index (χ1n) is 10.0. The Labute approximate surface area is 176 Å². The van der Waals surface area contributed by atoms with E-state index in [1.165, 1.54) is 37.6 Å². The molecule has 162 valence electrons. The number of carbonyl (C=O) groups excluding carboxylic acids is 3. The first-order chi connectivity index (χ1) is 14.3. The number of thioether (sulfide) groups is 1. The molecular formula is C20H23F2N3O4S. The Morgan fingerprint density at radius 1 is 1.17 bits per heavy atom. The summed E-state index contributed by atoms with van der Waals surface area (Å²) in [6, 6.07) is 2.11. The Bertz CT molecular complexity index is 816. The van der Waals surface area contributed by atoms with Crippen molar-refractivity contribution in [1.29, 1.82) is 0 Å². The lowest BCUT2D eigenvalue weighted by Gasteiger charge is -2.56. The lowest BCUT2D eigenvalue weighted by molar-refractivity contribution is -0.123. The number of hydrogen-bond acceptors (Lipinski definition) is 6. The van der Waals surface area contributed by atoms with E-state index < -0.39 is 30.3 Å². The summed E-state index contributed by atoms with van der Waals surface area (Å²) in [4.78, 5) is 40.3. The Balaban J connectivity index is 1.27. The maximum atomic E-state index is 12.6. The van der Waals surface area contributed by atoms with Gasteiger partial charge in [-0.25, -0.2) is 14.6 Å². The predicted octanol–water partition coefficient (Wildman–Crippen LogP) is 3.35. The van der Waals surface area contributed by atoms with Crippen molar-refractivity contribution in [2.75, 3.05) is 6.61 Å². The number of urea groups is 1. The van der Waals surface area contributed by atoms with Crippen LogP contribution in [0.5, 0.6) is 0 Å². The van der Waals surface area contributed by atoms with Crippen LogP contribution in [0, 0.1) is 17.8 Å². The largest absolute Gasteiger partial charge is 0.452 e. The fourth-order valence-electron chi connectivity index (χ4n) is 5.63. The van der Waals surface area contributed by atoms with Crippen LogP contribution in [-0.2, 0) is 9.53 Å². The van der Waals surface area contributed by atoms with Gasteiger partial charge in [0.05, 0.1) is 5.56 Å². The number of carbonyl (C=O) groups is 3. The number of nitrogens with zero attached hydrogens (tertiary/aromatic N) is 1. The van der Waals surface area contributed by atoms with E-state index in [0.29, 0.717) is 17.8 Å². The summed E-state index contributed by atoms with van der Waals surface area (Å²) in [5.41, 5.74) is -0.402. The van der Waals surface area contributed by atoms with E-state index >= 15 is 0 Å². The molecule has 7 nitrogen and oxygen atoms in total. The van der Waals surface area contributed by atoms with Gasteiger partial charge < -0.3 is 10.1 Å². The zero-order chi connectivity index (χ0) is 21.3. The zero-order valence-corrected chi connectivity index (χ0v) is 17.1. The highest BCUT2D eigenvalue weighted by Gasteiger charge is 2.51. The molecule has 3 amide bonds. The van der Waals surface area contributed by atoms with E-state index in [4.69, 9.17) is 4.74 Å². The smallest absolute Gasteiger partial charge is 0.341 e. The molecule has 4 saturated carbocycles. The minimum atomic E-state index is -2.75. The molecule has 4 aliphatic rings. The lowest BCUT2D eigenvalue weighted by atomic mass is 9.53. The maximum absolute atomic E-state index is 12.6. The van der Waals surface area contributed by atoms with Crippen LogP contribution in [0.2, 0.25) is 0 Å². The number of pyridine rings is 1. The number of nitrogens with one attached hydrogen (secondary N) is 2. The molecule has 0 atom stereocenters. The van der Waals surface area contributed by atoms with Gasteiger partial charge in [-0.1, -0.05) is 0 Å². The van der Waals surface area contributed by atoms with Crippen molar-refractivity contribution in [3.63, 3.8) is 0 Å². The van der Waals surface area contributed by atoms with Gasteiger partial charge in [0.25, 0.3) is 11.7 Å². The third-order valence-electron chi connectivity index (χ3n) is 6.20. The minimum Gasteiger partial charge on any atom is -0.452 e. The van der Waals surface area contributed by atoms with Crippen molar-refractivity contribution in [3.05, 3.63) is 23.9 Å². The molecule has 1 aromatic rings. The molecule has 1 aromatic heterocycles. The van der Waals surface area contributed by atoms with E-state index in [9.17, 15) is 23.2 Å². The Hall–Kier alpha value is -2.23. The molecule has 4 bridgehead atoms. The average Bonchev–Trinajstić information content (AvgIpc) is 2.64. The molecule has 0 saturated heterocycles. The van der Waals surface area contributed by atoms with Gasteiger partial charge in [0.15, 0.2) is 6.61 Å². The molecule has 0 aromatic carbocycles. The van der Waals surface area contributed by atoms with Gasteiger partial charge in [-0.05, 0) is 80.2 Å². The quantitative estimate of drug-likeness (QED) is 0.521. The Morgan fingerprint density at radius 3 is 2.40 bits per heavy atom. The van der Waals surface area contributed by atoms with Crippen molar-refractivity contribution in [2.24, 2.45) is 17.8 Å². The summed E-state index contributed by atoms with van der Waals surface area (Å²) in [7, 11) is 0. The fraction of sp³-hybridized carbons (Fsp3) is 0.600. The molecule has 10 heteroatoms. The molecule has 4 fully saturated rings. The number of halogens is 2. The molecule has 5 rings (SSSR count). The summed E-state index contributed by atoms with van der Waals surface area (Å²) >= 11 is 0.119. The number of esters is 1. The normalized spacial score (nSPS) is 29.0. The number of ether oxygens (including phenoxy) is 1. The standard InChI is InChI=1S/C20H23F2N3O4S/c21-18(22)30-16-14(2-1-3-23-16)17(27)29-10-15(26)24-19(28)25-20-7-11-4-12(8-20)6-13(5-11)9-20/h1-3,11-13,18H,4-10H2,(H2,24,25,26,28). The number of hydrogen-bond donors (Lipinski definition) is 2. The second kappa shape index (κ2) is 8.49. The highest BCUT2D eigenvalue weighted by atomic mass is 32.2. The number of imide groups is 1. The summed E-state index contributed by atoms with van der Waals surface area (Å²) in [6.45, 7) is -0.694. The second-order valence-electron chi connectivity index (χ2n) is 8.51. The van der Waals surface area contributed by atoms with Gasteiger partial charge in [0, 0.05) is 11.7 Å². The lowest BCUT2D eigenvalue weighted by Crippen LogP contribution is -2.62. The monoisotopic (exact) mass is 439 g/mol. The highest BCUT2D eigenvalue weighted by molar-refractivity contribution is 7.99. The fourth-order valence-corrected chi connectivity index (χ4v) is 6.20. The van der Waals surface area contributed by atoms with Crippen molar-refractivity contribution in [2.45, 2.75) is 54.8 Å². The molecule has 4 aliphatic carbocycles. The van der Waals surface area contributed by atoms with Crippen LogP contribution in [0.3, 0.4) is 0 Å². The van der Waals surface area contributed by atoms with Gasteiger partial charge in [-0.15, -0.1) is 0 Å². The van der Waals surface area contributed by atoms with Crippen LogP contribution < -0.4 is 10.6 Å². The first-order valence-corrected chi connectivity index (χ1v) is 10.9. The first kappa shape index (κ1) is 21.0. The van der Waals surface area contributed by atoms with Gasteiger partial charge in [-0.2, -0.15) is 8.78 Å². The van der Waals surface area contributed by atoms with Crippen LogP contribution in [0.4, 0.5) is 13.6 Å². The second-order valence-corrected chi connectivity index (χ2v) is 9.49. The molecule has 0 aliphatic heterocycles. The summed E-state index contributed by atoms with van der Waals surface area (Å²) in [6.07, 6.45) is 7.82. The molecule has 30 heavy (non-hydrogen) atoms. The van der Waals surface area contributed by atoms with Crippen LogP contribution in [0.25, 0.3) is 0 Å². The number of amides is 3. The molecule has 0 radical (unpaired) electrons. The van der Waals surface area contributed by atoms with Crippen LogP contribution in [0.15, 0.2) is 23.4 Å². The van der Waals surface area contributed by atoms with Gasteiger partial charge >= 0.3 is 12.0 Å². The third kappa shape index (κ3) is 4.74. The molecule has 2 N–H and O–H groups in total. The molecule has 0 spiro atoms. The summed E-state index contributed by atoms with van der Waals surface area (Å²) in [5, 5.41) is 5.02. The molecule has 0 unspecified atom stereocenters. The Kier molecular flexibility index (Phi) is 5.95. The minimum absolute atomic E-state index is 0.119. The Morgan fingerprint density at radius 2 is 1.80 bits per heavy atom. The van der Waals surface area contributed by atoms with Crippen LogP contribution in [-0.4, -0.2) is 40.8 Å². The van der Waals surface area contributed by atoms with Crippen molar-refractivity contribution in [1.82, 2.24) is 15.6 Å². The van der Waals surface area contributed by atoms with Gasteiger partial charge in [0.1, 0.15) is 5.03 Å². The van der Waals surface area contributed by atoms with E-state index in [-0.39, 0.29) is 27.9 Å². The van der Waals surface area contributed by atoms with Crippen LogP contribution >= 0.6 is 11.8 Å². The SMILES string of the molecule is O=C(COC(=O)c1cccnc1SC(F)F)NC(=O)NC12CC3CC(CC(C3)C1)C2. The van der Waals surface area contributed by atoms with Crippen LogP contribution in [0.1, 0.15) is 48.9 Å². The average molecular weight is 439 g/mol. The van der Waals surface area contributed by atoms with E-state index in [1.54, 1.807) is 0 Å². The topological polar surface area (TPSA) is 97.4 Å². The van der Waals surface area contributed by atoms with Gasteiger partial charge in [0.2, 0.25) is 0 Å².